The smallest absolute Gasteiger partial charge is 0.314 e. The van der Waals surface area contributed by atoms with Crippen molar-refractivity contribution in [2.45, 2.75) is 152 Å². The van der Waals surface area contributed by atoms with Crippen molar-refractivity contribution < 1.29 is 79.2 Å². The highest BCUT2D eigenvalue weighted by Crippen LogP contribution is 2.64. The van der Waals surface area contributed by atoms with E-state index in [2.05, 4.69) is 13.5 Å². The van der Waals surface area contributed by atoms with Gasteiger partial charge < -0.3 is 74.4 Å². The van der Waals surface area contributed by atoms with E-state index in [4.69, 9.17) is 28.4 Å². The Balaban J connectivity index is 1.46. The molecule has 16 heteroatoms. The van der Waals surface area contributed by atoms with Crippen LogP contribution in [-0.4, -0.2) is 152 Å². The monoisotopic (exact) mass is 734 g/mol. The van der Waals surface area contributed by atoms with Crippen molar-refractivity contribution in [3.63, 3.8) is 0 Å². The topological polar surface area (TPSA) is 255 Å². The molecule has 3 saturated carbocycles. The van der Waals surface area contributed by atoms with Crippen molar-refractivity contribution in [1.82, 2.24) is 0 Å². The molecule has 0 amide bonds. The first-order valence-electron chi connectivity index (χ1n) is 18.1. The molecule has 5 fully saturated rings. The van der Waals surface area contributed by atoms with Gasteiger partial charge in [-0.1, -0.05) is 25.5 Å². The molecule has 51 heavy (non-hydrogen) atoms. The standard InChI is InChI=1S/C35H58O16/c1-16-6-8-19-18(12-16)7-9-23-34(19,3)10-5-11-35(23,4)33(45)51-31-28(50-30-26(42)24(40)20(39)15-46-30)27(25(41)22(14-37)48-31)49-32(29(43)44)47-21(13-36)17(2)38/h17-32,36-44H,1,5-15H2,2-4H3/t17?,18?,19-,20?,21?,22?,23+,24?,25?,26?,27?,28?,30?,31?,32?,34+,35-/m1/s1. The molecule has 5 rings (SSSR count). The summed E-state index contributed by atoms with van der Waals surface area (Å²) in [4.78, 5) is 14.5. The third-order valence-corrected chi connectivity index (χ3v) is 12.4. The maximum atomic E-state index is 14.5. The van der Waals surface area contributed by atoms with Crippen LogP contribution in [-0.2, 0) is 33.2 Å². The fourth-order valence-electron chi connectivity index (χ4n) is 9.55. The molecule has 0 aromatic rings. The van der Waals surface area contributed by atoms with Crippen LogP contribution in [0.3, 0.4) is 0 Å². The van der Waals surface area contributed by atoms with Gasteiger partial charge in [0.1, 0.15) is 42.7 Å². The van der Waals surface area contributed by atoms with Crippen molar-refractivity contribution in [1.29, 1.82) is 0 Å². The minimum atomic E-state index is -2.40. The third-order valence-electron chi connectivity index (χ3n) is 12.4. The molecule has 0 bridgehead atoms. The van der Waals surface area contributed by atoms with E-state index in [1.54, 1.807) is 0 Å². The first kappa shape index (κ1) is 40.8. The van der Waals surface area contributed by atoms with Crippen LogP contribution in [0.2, 0.25) is 0 Å². The Morgan fingerprint density at radius 3 is 2.35 bits per heavy atom. The van der Waals surface area contributed by atoms with Gasteiger partial charge in [0.05, 0.1) is 31.3 Å². The zero-order valence-corrected chi connectivity index (χ0v) is 29.6. The van der Waals surface area contributed by atoms with E-state index in [0.29, 0.717) is 18.3 Å². The maximum absolute atomic E-state index is 14.5. The number of ether oxygens (including phenoxy) is 6. The Labute approximate surface area is 297 Å². The number of carbonyl (C=O) groups is 1. The number of fused-ring (bicyclic) bond motifs is 3. The Bertz CT molecular complexity index is 1190. The summed E-state index contributed by atoms with van der Waals surface area (Å²) in [6, 6.07) is 0. The summed E-state index contributed by atoms with van der Waals surface area (Å²) in [7, 11) is 0. The molecule has 16 nitrogen and oxygen atoms in total. The highest BCUT2D eigenvalue weighted by molar-refractivity contribution is 5.77. The van der Waals surface area contributed by atoms with Gasteiger partial charge in [0.15, 0.2) is 12.4 Å². The van der Waals surface area contributed by atoms with E-state index in [9.17, 15) is 50.8 Å². The van der Waals surface area contributed by atoms with Crippen LogP contribution < -0.4 is 0 Å². The maximum Gasteiger partial charge on any atom is 0.314 e. The van der Waals surface area contributed by atoms with E-state index < -0.39 is 111 Å². The predicted octanol–water partition coefficient (Wildman–Crippen LogP) is -1.21. The van der Waals surface area contributed by atoms with Gasteiger partial charge in [-0.2, -0.15) is 0 Å². The molecule has 0 spiro atoms. The average Bonchev–Trinajstić information content (AvgIpc) is 3.08. The quantitative estimate of drug-likeness (QED) is 0.0648. The number of rotatable bonds is 12. The van der Waals surface area contributed by atoms with Crippen LogP contribution in [0.1, 0.15) is 72.1 Å². The fraction of sp³-hybridized carbons (Fsp3) is 0.914. The first-order valence-corrected chi connectivity index (χ1v) is 18.1. The van der Waals surface area contributed by atoms with E-state index in [-0.39, 0.29) is 11.3 Å². The molecule has 0 aromatic carbocycles. The summed E-state index contributed by atoms with van der Waals surface area (Å²) >= 11 is 0. The number of hydrogen-bond acceptors (Lipinski definition) is 16. The fourth-order valence-corrected chi connectivity index (χ4v) is 9.55. The van der Waals surface area contributed by atoms with Gasteiger partial charge in [0, 0.05) is 0 Å². The van der Waals surface area contributed by atoms with Gasteiger partial charge >= 0.3 is 5.97 Å². The lowest BCUT2D eigenvalue weighted by molar-refractivity contribution is -0.381. The predicted molar refractivity (Wildman–Crippen MR) is 174 cm³/mol. The number of hydrogen-bond donors (Lipinski definition) is 9. The van der Waals surface area contributed by atoms with Crippen molar-refractivity contribution in [2.75, 3.05) is 19.8 Å². The zero-order valence-electron chi connectivity index (χ0n) is 29.6. The van der Waals surface area contributed by atoms with Gasteiger partial charge in [-0.05, 0) is 82.0 Å². The van der Waals surface area contributed by atoms with Crippen molar-refractivity contribution in [3.05, 3.63) is 12.2 Å². The second kappa shape index (κ2) is 16.6. The van der Waals surface area contributed by atoms with E-state index in [1.807, 2.05) is 6.92 Å². The summed E-state index contributed by atoms with van der Waals surface area (Å²) in [5.41, 5.74) is 0.157. The Kier molecular flexibility index (Phi) is 13.3. The molecule has 5 aliphatic rings. The number of allylic oxidation sites excluding steroid dienone is 1. The number of aliphatic hydroxyl groups is 9. The molecule has 294 valence electrons. The summed E-state index contributed by atoms with van der Waals surface area (Å²) in [6.45, 7) is 7.65. The lowest BCUT2D eigenvalue weighted by Gasteiger charge is -2.60. The van der Waals surface area contributed by atoms with Crippen molar-refractivity contribution >= 4 is 5.97 Å². The molecule has 0 radical (unpaired) electrons. The molecular formula is C35H58O16. The summed E-state index contributed by atoms with van der Waals surface area (Å²) in [5, 5.41) is 92.7. The Morgan fingerprint density at radius 1 is 0.980 bits per heavy atom. The second-order valence-corrected chi connectivity index (χ2v) is 15.7. The molecular weight excluding hydrogens is 676 g/mol. The van der Waals surface area contributed by atoms with Crippen LogP contribution in [0.4, 0.5) is 0 Å². The summed E-state index contributed by atoms with van der Waals surface area (Å²) < 4.78 is 34.7. The van der Waals surface area contributed by atoms with E-state index in [1.165, 1.54) is 12.5 Å². The minimum absolute atomic E-state index is 0.0357. The Hall–Kier alpha value is -1.35. The SMILES string of the molecule is C=C1CC[C@@H]2C(CC[C@H]3[C@@]2(C)CCC[C@@]3(C)C(=O)OC2OC(CO)C(O)C(OC(OC(CO)C(C)O)C(O)O)C2OC2OCC(O)C(O)C2O)C1. The average molecular weight is 735 g/mol. The zero-order chi connectivity index (χ0) is 37.4. The first-order chi connectivity index (χ1) is 24.0. The van der Waals surface area contributed by atoms with Crippen LogP contribution in [0.25, 0.3) is 0 Å². The lowest BCUT2D eigenvalue weighted by Crippen LogP contribution is -2.65. The summed E-state index contributed by atoms with van der Waals surface area (Å²) in [6.07, 6.45) is -15.3. The van der Waals surface area contributed by atoms with Crippen molar-refractivity contribution in [3.8, 4) is 0 Å². The highest BCUT2D eigenvalue weighted by atomic mass is 16.8. The van der Waals surface area contributed by atoms with Crippen LogP contribution in [0.15, 0.2) is 12.2 Å². The third kappa shape index (κ3) is 8.20. The lowest BCUT2D eigenvalue weighted by atomic mass is 9.44. The molecule has 0 aromatic heterocycles. The minimum Gasteiger partial charge on any atom is -0.432 e. The highest BCUT2D eigenvalue weighted by Gasteiger charge is 2.61. The molecule has 13 unspecified atom stereocenters. The molecule has 3 aliphatic carbocycles. The largest absolute Gasteiger partial charge is 0.432 e. The molecule has 9 N–H and O–H groups in total. The van der Waals surface area contributed by atoms with Gasteiger partial charge in [0.2, 0.25) is 18.9 Å². The van der Waals surface area contributed by atoms with Gasteiger partial charge in [0.25, 0.3) is 0 Å². The van der Waals surface area contributed by atoms with Crippen LogP contribution >= 0.6 is 0 Å². The number of aliphatic hydroxyl groups excluding tert-OH is 8. The Morgan fingerprint density at radius 2 is 1.71 bits per heavy atom. The second-order valence-electron chi connectivity index (χ2n) is 15.7. The molecule has 17 atom stereocenters. The van der Waals surface area contributed by atoms with Gasteiger partial charge in [-0.3, -0.25) is 4.79 Å². The number of esters is 1. The molecule has 2 heterocycles. The summed E-state index contributed by atoms with van der Waals surface area (Å²) in [5.74, 6) is 0.266. The normalized spacial score (nSPS) is 45.0. The van der Waals surface area contributed by atoms with Gasteiger partial charge in [-0.25, -0.2) is 0 Å². The van der Waals surface area contributed by atoms with Crippen LogP contribution in [0, 0.1) is 28.6 Å². The molecule has 2 saturated heterocycles. The van der Waals surface area contributed by atoms with Gasteiger partial charge in [-0.15, -0.1) is 0 Å². The van der Waals surface area contributed by atoms with Crippen LogP contribution in [0.5, 0.6) is 0 Å². The van der Waals surface area contributed by atoms with Crippen molar-refractivity contribution in [2.24, 2.45) is 28.6 Å². The number of carbonyl (C=O) groups excluding carboxylic acids is 1. The van der Waals surface area contributed by atoms with E-state index in [0.717, 1.165) is 44.9 Å². The van der Waals surface area contributed by atoms with E-state index >= 15 is 0 Å². The molecule has 2 aliphatic heterocycles.